The van der Waals surface area contributed by atoms with Crippen LogP contribution < -0.4 is 25.5 Å². The molecule has 0 radical (unpaired) electrons. The van der Waals surface area contributed by atoms with E-state index in [1.165, 1.54) is 76.6 Å². The van der Waals surface area contributed by atoms with Crippen molar-refractivity contribution >= 4 is 78.0 Å². The number of para-hydroxylation sites is 1. The first-order chi connectivity index (χ1) is 22.7. The van der Waals surface area contributed by atoms with Gasteiger partial charge in [0.1, 0.15) is 0 Å². The molecule has 0 aliphatic carbocycles. The average Bonchev–Trinajstić information content (AvgIpc) is 3.42. The van der Waals surface area contributed by atoms with Gasteiger partial charge < -0.3 is 9.80 Å². The van der Waals surface area contributed by atoms with Crippen LogP contribution in [0, 0.1) is 0 Å². The number of fused-ring (bicyclic) bond motifs is 6. The van der Waals surface area contributed by atoms with E-state index >= 15 is 0 Å². The fourth-order valence-corrected chi connectivity index (χ4v) is 8.90. The highest BCUT2D eigenvalue weighted by atomic mass is 32.1. The Kier molecular flexibility index (Phi) is 6.86. The smallest absolute Gasteiger partial charge is 0.264 e. The zero-order valence-corrected chi connectivity index (χ0v) is 30.6. The topological polar surface area (TPSA) is 6.48 Å². The zero-order chi connectivity index (χ0) is 33.7. The molecule has 0 unspecified atom stereocenters. The predicted octanol–water partition coefficient (Wildman–Crippen LogP) is 10.9. The second-order valence-electron chi connectivity index (χ2n) is 16.7. The lowest BCUT2D eigenvalue weighted by atomic mass is 9.36. The predicted molar refractivity (Wildman–Crippen MR) is 212 cm³/mol. The molecule has 0 saturated carbocycles. The van der Waals surface area contributed by atoms with Gasteiger partial charge in [-0.3, -0.25) is 0 Å². The molecule has 2 aliphatic rings. The minimum atomic E-state index is 0.0580. The van der Waals surface area contributed by atoms with Crippen molar-refractivity contribution in [2.24, 2.45) is 0 Å². The molecule has 0 N–H and O–H groups in total. The summed E-state index contributed by atoms with van der Waals surface area (Å²) < 4.78 is 2.77. The lowest BCUT2D eigenvalue weighted by Crippen LogP contribution is -2.60. The average molecular weight is 645 g/mol. The quantitative estimate of drug-likeness (QED) is 0.173. The van der Waals surface area contributed by atoms with Crippen molar-refractivity contribution in [3.8, 4) is 0 Å². The lowest BCUT2D eigenvalue weighted by Gasteiger charge is -2.43. The van der Waals surface area contributed by atoms with Gasteiger partial charge in [-0.25, -0.2) is 0 Å². The van der Waals surface area contributed by atoms with Gasteiger partial charge in [0.05, 0.1) is 5.69 Å². The van der Waals surface area contributed by atoms with E-state index in [0.717, 1.165) is 0 Å². The second kappa shape index (κ2) is 10.6. The minimum Gasteiger partial charge on any atom is -0.311 e. The fourth-order valence-electron chi connectivity index (χ4n) is 7.60. The molecule has 0 spiro atoms. The number of benzene rings is 5. The summed E-state index contributed by atoms with van der Waals surface area (Å²) in [6, 6.07) is 41.7. The summed E-state index contributed by atoms with van der Waals surface area (Å²) in [6.07, 6.45) is 0. The molecule has 0 fully saturated rings. The molecule has 48 heavy (non-hydrogen) atoms. The molecule has 3 heterocycles. The highest BCUT2D eigenvalue weighted by molar-refractivity contribution is 7.33. The van der Waals surface area contributed by atoms with Crippen molar-refractivity contribution in [1.29, 1.82) is 0 Å². The van der Waals surface area contributed by atoms with Gasteiger partial charge in [-0.1, -0.05) is 117 Å². The summed E-state index contributed by atoms with van der Waals surface area (Å²) in [6.45, 7) is 20.8. The van der Waals surface area contributed by atoms with E-state index in [-0.39, 0.29) is 23.0 Å². The zero-order valence-electron chi connectivity index (χ0n) is 29.8. The molecular formula is C44H45BN2S. The first-order valence-corrected chi connectivity index (χ1v) is 18.1. The lowest BCUT2D eigenvalue weighted by molar-refractivity contribution is 0.590. The van der Waals surface area contributed by atoms with Crippen LogP contribution in [0.4, 0.5) is 34.1 Å². The molecule has 1 aromatic heterocycles. The first kappa shape index (κ1) is 31.0. The Bertz CT molecular complexity index is 2190. The Morgan fingerprint density at radius 1 is 0.500 bits per heavy atom. The van der Waals surface area contributed by atoms with E-state index < -0.39 is 0 Å². The van der Waals surface area contributed by atoms with Crippen LogP contribution in [0.15, 0.2) is 109 Å². The number of anilines is 6. The van der Waals surface area contributed by atoms with E-state index in [1.807, 2.05) is 11.3 Å². The Morgan fingerprint density at radius 2 is 1.00 bits per heavy atom. The molecule has 5 aromatic carbocycles. The van der Waals surface area contributed by atoms with Crippen molar-refractivity contribution in [2.75, 3.05) is 9.80 Å². The van der Waals surface area contributed by atoms with Crippen LogP contribution in [-0.4, -0.2) is 6.71 Å². The maximum absolute atomic E-state index is 2.57. The Labute approximate surface area is 291 Å². The van der Waals surface area contributed by atoms with Gasteiger partial charge in [0.25, 0.3) is 6.71 Å². The van der Waals surface area contributed by atoms with Crippen LogP contribution >= 0.6 is 11.3 Å². The van der Waals surface area contributed by atoms with Crippen LogP contribution in [0.25, 0.3) is 10.1 Å². The van der Waals surface area contributed by atoms with Gasteiger partial charge in [0, 0.05) is 43.3 Å². The van der Waals surface area contributed by atoms with Gasteiger partial charge in [0.15, 0.2) is 0 Å². The van der Waals surface area contributed by atoms with Gasteiger partial charge >= 0.3 is 0 Å². The van der Waals surface area contributed by atoms with E-state index in [9.17, 15) is 0 Å². The molecule has 2 nitrogen and oxygen atoms in total. The summed E-state index contributed by atoms with van der Waals surface area (Å²) in [5.41, 5.74) is 14.6. The van der Waals surface area contributed by atoms with E-state index in [4.69, 9.17) is 0 Å². The summed E-state index contributed by atoms with van der Waals surface area (Å²) in [5.74, 6) is 0. The van der Waals surface area contributed by atoms with Gasteiger partial charge in [-0.15, -0.1) is 11.3 Å². The third kappa shape index (κ3) is 4.83. The molecule has 2 aliphatic heterocycles. The van der Waals surface area contributed by atoms with Crippen LogP contribution in [0.1, 0.15) is 79.0 Å². The molecule has 0 amide bonds. The Balaban J connectivity index is 1.42. The summed E-state index contributed by atoms with van der Waals surface area (Å²) in [7, 11) is 0. The third-order valence-electron chi connectivity index (χ3n) is 10.3. The molecule has 0 saturated heterocycles. The Morgan fingerprint density at radius 3 is 1.58 bits per heavy atom. The number of nitrogens with zero attached hydrogens (tertiary/aromatic N) is 2. The Hall–Kier alpha value is -4.28. The van der Waals surface area contributed by atoms with Crippen LogP contribution in [-0.2, 0) is 16.2 Å². The highest BCUT2D eigenvalue weighted by Gasteiger charge is 2.45. The number of hydrogen-bond acceptors (Lipinski definition) is 3. The van der Waals surface area contributed by atoms with Crippen molar-refractivity contribution in [1.82, 2.24) is 0 Å². The number of rotatable bonds is 2. The summed E-state index contributed by atoms with van der Waals surface area (Å²) in [4.78, 5) is 5.06. The molecule has 6 aromatic rings. The largest absolute Gasteiger partial charge is 0.311 e. The molecule has 0 atom stereocenters. The molecule has 240 valence electrons. The third-order valence-corrected chi connectivity index (χ3v) is 11.6. The minimum absolute atomic E-state index is 0.0580. The fraction of sp³-hybridized carbons (Fsp3) is 0.273. The number of hydrogen-bond donors (Lipinski definition) is 0. The molecular weight excluding hydrogens is 599 g/mol. The van der Waals surface area contributed by atoms with Crippen molar-refractivity contribution in [3.05, 3.63) is 126 Å². The molecule has 4 heteroatoms. The normalized spacial score (nSPS) is 14.2. The maximum atomic E-state index is 2.57. The summed E-state index contributed by atoms with van der Waals surface area (Å²) in [5, 5.41) is 1.34. The summed E-state index contributed by atoms with van der Waals surface area (Å²) >= 11 is 1.97. The molecule has 0 bridgehead atoms. The van der Waals surface area contributed by atoms with Crippen molar-refractivity contribution in [2.45, 2.75) is 78.6 Å². The highest BCUT2D eigenvalue weighted by Crippen LogP contribution is 2.48. The first-order valence-electron chi connectivity index (χ1n) is 17.3. The standard InChI is InChI=1S/C44H45BN2S/c1-42(2,3)28-17-22-31(23-18-28)46-35-14-11-10-13-34(35)45-39-36(46)15-12-16-37(39)47(32-24-19-29(20-25-32)43(4,5)6)40-33-27-30(44(7,8)9)21-26-38(33)48-41(40)45/h10-27H,1-9H3. The van der Waals surface area contributed by atoms with Crippen LogP contribution in [0.2, 0.25) is 0 Å². The van der Waals surface area contributed by atoms with Gasteiger partial charge in [0.2, 0.25) is 0 Å². The number of thiophene rings is 1. The van der Waals surface area contributed by atoms with Crippen molar-refractivity contribution in [3.63, 3.8) is 0 Å². The van der Waals surface area contributed by atoms with Crippen LogP contribution in [0.5, 0.6) is 0 Å². The van der Waals surface area contributed by atoms with E-state index in [2.05, 4.69) is 181 Å². The van der Waals surface area contributed by atoms with E-state index in [0.29, 0.717) is 0 Å². The second-order valence-corrected chi connectivity index (χ2v) is 17.8. The van der Waals surface area contributed by atoms with Crippen molar-refractivity contribution < 1.29 is 0 Å². The molecule has 8 rings (SSSR count). The maximum Gasteiger partial charge on any atom is 0.264 e. The van der Waals surface area contributed by atoms with Gasteiger partial charge in [-0.05, 0) is 98.5 Å². The monoisotopic (exact) mass is 644 g/mol. The SMILES string of the molecule is CC(C)(C)c1ccc(N2c3ccccc3B3c4sc5ccc(C(C)(C)C)cc5c4N(c4ccc(C(C)(C)C)cc4)c4cccc2c43)cc1. The van der Waals surface area contributed by atoms with E-state index in [1.54, 1.807) is 0 Å². The van der Waals surface area contributed by atoms with Gasteiger partial charge in [-0.2, -0.15) is 0 Å². The van der Waals surface area contributed by atoms with Crippen LogP contribution in [0.3, 0.4) is 0 Å².